The maximum atomic E-state index is 12.3. The molecule has 1 fully saturated rings. The summed E-state index contributed by atoms with van der Waals surface area (Å²) in [6.07, 6.45) is 0. The highest BCUT2D eigenvalue weighted by atomic mass is 127. The van der Waals surface area contributed by atoms with Gasteiger partial charge in [-0.15, -0.1) is 11.3 Å². The number of nitrogens with zero attached hydrogens (tertiary/aromatic N) is 2. The molecule has 2 rings (SSSR count). The van der Waals surface area contributed by atoms with Gasteiger partial charge < -0.3 is 10.6 Å². The number of nitrogens with two attached hydrogens (primary N) is 1. The van der Waals surface area contributed by atoms with Crippen LogP contribution in [-0.2, 0) is 0 Å². The molecular formula is C12H16IN3OS2. The number of carbonyl (C=O) groups excluding carboxylic acids is 1. The zero-order chi connectivity index (χ0) is 14.0. The average Bonchev–Trinajstić information content (AvgIpc) is 2.84. The molecule has 104 valence electrons. The predicted octanol–water partition coefficient (Wildman–Crippen LogP) is 1.79. The number of hydrogen-bond donors (Lipinski definition) is 1. The molecule has 19 heavy (non-hydrogen) atoms. The highest BCUT2D eigenvalue weighted by Crippen LogP contribution is 2.19. The third-order valence-corrected chi connectivity index (χ3v) is 5.51. The van der Waals surface area contributed by atoms with Crippen molar-refractivity contribution >= 4 is 57.0 Å². The second kappa shape index (κ2) is 6.47. The molecule has 0 aliphatic carbocycles. The lowest BCUT2D eigenvalue weighted by Gasteiger charge is -2.37. The van der Waals surface area contributed by atoms with Crippen molar-refractivity contribution in [3.63, 3.8) is 0 Å². The molecule has 1 amide bonds. The molecule has 2 heterocycles. The van der Waals surface area contributed by atoms with Crippen LogP contribution in [0.15, 0.2) is 11.4 Å². The lowest BCUT2D eigenvalue weighted by molar-refractivity contribution is 0.0622. The number of hydrogen-bond acceptors (Lipinski definition) is 4. The van der Waals surface area contributed by atoms with Gasteiger partial charge in [-0.1, -0.05) is 12.2 Å². The van der Waals surface area contributed by atoms with Crippen LogP contribution in [0.4, 0.5) is 0 Å². The van der Waals surface area contributed by atoms with Crippen molar-refractivity contribution in [2.24, 2.45) is 5.73 Å². The smallest absolute Gasteiger partial charge is 0.254 e. The van der Waals surface area contributed by atoms with Gasteiger partial charge in [0.1, 0.15) is 0 Å². The molecule has 0 radical (unpaired) electrons. The quantitative estimate of drug-likeness (QED) is 0.611. The number of halogens is 1. The molecular weight excluding hydrogens is 393 g/mol. The number of carbonyl (C=O) groups is 1. The Morgan fingerprint density at radius 3 is 2.58 bits per heavy atom. The van der Waals surface area contributed by atoms with Crippen molar-refractivity contribution in [3.8, 4) is 0 Å². The van der Waals surface area contributed by atoms with E-state index in [1.807, 2.05) is 23.3 Å². The first-order valence-corrected chi connectivity index (χ1v) is 8.42. The van der Waals surface area contributed by atoms with Gasteiger partial charge in [-0.05, 0) is 35.6 Å². The molecule has 1 atom stereocenters. The molecule has 2 N–H and O–H groups in total. The Kier molecular flexibility index (Phi) is 5.15. The van der Waals surface area contributed by atoms with Gasteiger partial charge in [-0.25, -0.2) is 0 Å². The Morgan fingerprint density at radius 2 is 2.11 bits per heavy atom. The molecule has 1 aliphatic rings. The van der Waals surface area contributed by atoms with Crippen LogP contribution in [0.25, 0.3) is 0 Å². The van der Waals surface area contributed by atoms with Crippen LogP contribution in [-0.4, -0.2) is 52.9 Å². The van der Waals surface area contributed by atoms with Gasteiger partial charge in [0, 0.05) is 31.6 Å². The van der Waals surface area contributed by atoms with Crippen LogP contribution < -0.4 is 5.73 Å². The van der Waals surface area contributed by atoms with Crippen molar-refractivity contribution in [1.29, 1.82) is 0 Å². The van der Waals surface area contributed by atoms with E-state index in [-0.39, 0.29) is 11.9 Å². The molecule has 0 aromatic carbocycles. The van der Waals surface area contributed by atoms with Crippen molar-refractivity contribution in [2.45, 2.75) is 13.0 Å². The van der Waals surface area contributed by atoms with Gasteiger partial charge in [0.25, 0.3) is 5.91 Å². The maximum absolute atomic E-state index is 12.3. The van der Waals surface area contributed by atoms with Gasteiger partial charge in [0.15, 0.2) is 0 Å². The van der Waals surface area contributed by atoms with Crippen molar-refractivity contribution in [2.75, 3.05) is 26.2 Å². The molecule has 1 aliphatic heterocycles. The van der Waals surface area contributed by atoms with Gasteiger partial charge in [-0.3, -0.25) is 9.69 Å². The SMILES string of the molecule is CC(C(N)=S)N1CCN(C(=O)c2csc(I)c2)CC1. The van der Waals surface area contributed by atoms with E-state index in [0.717, 1.165) is 34.6 Å². The minimum absolute atomic E-state index is 0.106. The third-order valence-electron chi connectivity index (χ3n) is 3.38. The first kappa shape index (κ1) is 15.1. The summed E-state index contributed by atoms with van der Waals surface area (Å²) in [5.41, 5.74) is 6.46. The Bertz CT molecular complexity index is 483. The fraction of sp³-hybridized carbons (Fsp3) is 0.500. The highest BCUT2D eigenvalue weighted by Gasteiger charge is 2.25. The monoisotopic (exact) mass is 409 g/mol. The fourth-order valence-electron chi connectivity index (χ4n) is 2.10. The highest BCUT2D eigenvalue weighted by molar-refractivity contribution is 14.1. The normalized spacial score (nSPS) is 18.3. The standard InChI is InChI=1S/C12H16IN3OS2/c1-8(11(14)18)15-2-4-16(5-3-15)12(17)9-6-10(13)19-7-9/h6-8H,2-5H2,1H3,(H2,14,18). The number of piperazine rings is 1. The van der Waals surface area contributed by atoms with E-state index in [1.54, 1.807) is 11.3 Å². The molecule has 7 heteroatoms. The lowest BCUT2D eigenvalue weighted by atomic mass is 10.2. The van der Waals surface area contributed by atoms with Crippen LogP contribution in [0.1, 0.15) is 17.3 Å². The van der Waals surface area contributed by atoms with E-state index in [0.29, 0.717) is 4.99 Å². The minimum atomic E-state index is 0.106. The molecule has 1 aromatic heterocycles. The Balaban J connectivity index is 1.93. The number of thiophene rings is 1. The number of rotatable bonds is 3. The number of amides is 1. The van der Waals surface area contributed by atoms with E-state index in [2.05, 4.69) is 27.5 Å². The minimum Gasteiger partial charge on any atom is -0.392 e. The van der Waals surface area contributed by atoms with Gasteiger partial charge >= 0.3 is 0 Å². The summed E-state index contributed by atoms with van der Waals surface area (Å²) in [4.78, 5) is 16.9. The topological polar surface area (TPSA) is 49.6 Å². The molecule has 0 saturated carbocycles. The largest absolute Gasteiger partial charge is 0.392 e. The van der Waals surface area contributed by atoms with Crippen LogP contribution in [0.2, 0.25) is 0 Å². The van der Waals surface area contributed by atoms with E-state index in [1.165, 1.54) is 0 Å². The van der Waals surface area contributed by atoms with Crippen LogP contribution in [0.5, 0.6) is 0 Å². The summed E-state index contributed by atoms with van der Waals surface area (Å²) in [6.45, 7) is 5.13. The van der Waals surface area contributed by atoms with Gasteiger partial charge in [0.2, 0.25) is 0 Å². The first-order chi connectivity index (χ1) is 8.99. The Hall–Kier alpha value is -0.250. The van der Waals surface area contributed by atoms with Crippen LogP contribution in [0.3, 0.4) is 0 Å². The Labute approximate surface area is 136 Å². The fourth-order valence-corrected chi connectivity index (χ4v) is 3.57. The van der Waals surface area contributed by atoms with E-state index >= 15 is 0 Å². The van der Waals surface area contributed by atoms with E-state index < -0.39 is 0 Å². The molecule has 1 aromatic rings. The van der Waals surface area contributed by atoms with Gasteiger partial charge in [0.05, 0.1) is 19.5 Å². The predicted molar refractivity (Wildman–Crippen MR) is 90.8 cm³/mol. The molecule has 4 nitrogen and oxygen atoms in total. The third kappa shape index (κ3) is 3.65. The van der Waals surface area contributed by atoms with Crippen LogP contribution >= 0.6 is 46.1 Å². The summed E-state index contributed by atoms with van der Waals surface area (Å²) in [5, 5.41) is 1.92. The second-order valence-electron chi connectivity index (χ2n) is 4.55. The maximum Gasteiger partial charge on any atom is 0.254 e. The summed E-state index contributed by atoms with van der Waals surface area (Å²) >= 11 is 8.85. The van der Waals surface area contributed by atoms with E-state index in [9.17, 15) is 4.79 Å². The lowest BCUT2D eigenvalue weighted by Crippen LogP contribution is -2.53. The van der Waals surface area contributed by atoms with E-state index in [4.69, 9.17) is 18.0 Å². The summed E-state index contributed by atoms with van der Waals surface area (Å²) < 4.78 is 1.14. The molecule has 0 spiro atoms. The molecule has 0 bridgehead atoms. The van der Waals surface area contributed by atoms with Crippen LogP contribution in [0, 0.1) is 2.88 Å². The van der Waals surface area contributed by atoms with Gasteiger partial charge in [-0.2, -0.15) is 0 Å². The zero-order valence-electron chi connectivity index (χ0n) is 10.6. The summed E-state index contributed by atoms with van der Waals surface area (Å²) in [7, 11) is 0. The summed E-state index contributed by atoms with van der Waals surface area (Å²) in [6, 6.07) is 2.05. The first-order valence-electron chi connectivity index (χ1n) is 6.05. The zero-order valence-corrected chi connectivity index (χ0v) is 14.4. The van der Waals surface area contributed by atoms with Crippen molar-refractivity contribution in [1.82, 2.24) is 9.80 Å². The number of thiocarbonyl (C=S) groups is 1. The van der Waals surface area contributed by atoms with Crippen molar-refractivity contribution in [3.05, 3.63) is 19.9 Å². The second-order valence-corrected chi connectivity index (χ2v) is 7.82. The van der Waals surface area contributed by atoms with Crippen molar-refractivity contribution < 1.29 is 4.79 Å². The Morgan fingerprint density at radius 1 is 1.47 bits per heavy atom. The molecule has 1 unspecified atom stereocenters. The molecule has 1 saturated heterocycles. The summed E-state index contributed by atoms with van der Waals surface area (Å²) in [5.74, 6) is 0.127. The average molecular weight is 409 g/mol.